The van der Waals surface area contributed by atoms with E-state index in [-0.39, 0.29) is 4.90 Å². The summed E-state index contributed by atoms with van der Waals surface area (Å²) in [5, 5.41) is 9.31. The average molecular weight is 428 g/mol. The van der Waals surface area contributed by atoms with E-state index < -0.39 is 26.9 Å². The SMILES string of the molecule is COc1ccc(C(NS(=O)(=O)c2ccc(C)cc2)C(Br)C(=O)O)cc1. The fourth-order valence-corrected chi connectivity index (χ4v) is 4.05. The summed E-state index contributed by atoms with van der Waals surface area (Å²) < 4.78 is 32.8. The predicted octanol–water partition coefficient (Wildman–Crippen LogP) is 2.87. The molecule has 0 radical (unpaired) electrons. The normalized spacial score (nSPS) is 13.9. The van der Waals surface area contributed by atoms with Crippen LogP contribution in [0, 0.1) is 6.92 Å². The van der Waals surface area contributed by atoms with Crippen LogP contribution in [0.5, 0.6) is 5.75 Å². The van der Waals surface area contributed by atoms with Crippen molar-refractivity contribution < 1.29 is 23.1 Å². The maximum Gasteiger partial charge on any atom is 0.319 e. The van der Waals surface area contributed by atoms with E-state index in [2.05, 4.69) is 20.7 Å². The van der Waals surface area contributed by atoms with E-state index in [1.807, 2.05) is 6.92 Å². The molecule has 0 aliphatic carbocycles. The molecule has 2 aromatic carbocycles. The number of methoxy groups -OCH3 is 1. The fraction of sp³-hybridized carbons (Fsp3) is 0.235. The van der Waals surface area contributed by atoms with Gasteiger partial charge in [0.25, 0.3) is 0 Å². The molecule has 8 heteroatoms. The lowest BCUT2D eigenvalue weighted by atomic mass is 10.0. The zero-order valence-electron chi connectivity index (χ0n) is 13.6. The Morgan fingerprint density at radius 1 is 1.12 bits per heavy atom. The standard InChI is InChI=1S/C17H18BrNO5S/c1-11-3-9-14(10-4-11)25(22,23)19-16(15(18)17(20)21)12-5-7-13(24-2)8-6-12/h3-10,15-16,19H,1-2H3,(H,20,21). The molecule has 0 aromatic heterocycles. The quantitative estimate of drug-likeness (QED) is 0.662. The van der Waals surface area contributed by atoms with Crippen LogP contribution in [-0.2, 0) is 14.8 Å². The molecule has 0 saturated heterocycles. The summed E-state index contributed by atoms with van der Waals surface area (Å²) >= 11 is 3.06. The van der Waals surface area contributed by atoms with E-state index in [0.29, 0.717) is 11.3 Å². The summed E-state index contributed by atoms with van der Waals surface area (Å²) in [6.07, 6.45) is 0. The Bertz CT molecular complexity index is 834. The van der Waals surface area contributed by atoms with Crippen LogP contribution >= 0.6 is 15.9 Å². The maximum absolute atomic E-state index is 12.6. The smallest absolute Gasteiger partial charge is 0.319 e. The van der Waals surface area contributed by atoms with Crippen LogP contribution in [0.25, 0.3) is 0 Å². The second-order valence-electron chi connectivity index (χ2n) is 5.43. The average Bonchev–Trinajstić information content (AvgIpc) is 2.59. The number of benzene rings is 2. The molecule has 0 amide bonds. The number of halogens is 1. The Morgan fingerprint density at radius 3 is 2.16 bits per heavy atom. The van der Waals surface area contributed by atoms with Crippen molar-refractivity contribution in [2.45, 2.75) is 22.7 Å². The number of hydrogen-bond acceptors (Lipinski definition) is 4. The van der Waals surface area contributed by atoms with Gasteiger partial charge < -0.3 is 9.84 Å². The highest BCUT2D eigenvalue weighted by atomic mass is 79.9. The van der Waals surface area contributed by atoms with Gasteiger partial charge in [0, 0.05) is 0 Å². The van der Waals surface area contributed by atoms with Crippen LogP contribution in [-0.4, -0.2) is 31.4 Å². The Hall–Kier alpha value is -1.90. The van der Waals surface area contributed by atoms with Gasteiger partial charge in [-0.15, -0.1) is 0 Å². The van der Waals surface area contributed by atoms with Gasteiger partial charge in [0.05, 0.1) is 18.0 Å². The summed E-state index contributed by atoms with van der Waals surface area (Å²) in [7, 11) is -2.38. The molecule has 2 N–H and O–H groups in total. The topological polar surface area (TPSA) is 92.7 Å². The van der Waals surface area contributed by atoms with Gasteiger partial charge in [0.15, 0.2) is 0 Å². The third-order valence-corrected chi connectivity index (χ3v) is 5.99. The summed E-state index contributed by atoms with van der Waals surface area (Å²) in [6.45, 7) is 1.85. The number of carbonyl (C=O) groups is 1. The molecule has 25 heavy (non-hydrogen) atoms. The highest BCUT2D eigenvalue weighted by molar-refractivity contribution is 9.10. The lowest BCUT2D eigenvalue weighted by Crippen LogP contribution is -2.37. The second-order valence-corrected chi connectivity index (χ2v) is 8.13. The summed E-state index contributed by atoms with van der Waals surface area (Å²) in [6, 6.07) is 11.9. The van der Waals surface area contributed by atoms with Gasteiger partial charge in [-0.3, -0.25) is 4.79 Å². The molecule has 2 aromatic rings. The first-order valence-corrected chi connectivity index (χ1v) is 9.74. The Morgan fingerprint density at radius 2 is 1.68 bits per heavy atom. The molecule has 2 unspecified atom stereocenters. The summed E-state index contributed by atoms with van der Waals surface area (Å²) in [5.41, 5.74) is 1.43. The molecule has 134 valence electrons. The first kappa shape index (κ1) is 19.4. The lowest BCUT2D eigenvalue weighted by Gasteiger charge is -2.22. The van der Waals surface area contributed by atoms with Gasteiger partial charge >= 0.3 is 5.97 Å². The van der Waals surface area contributed by atoms with E-state index in [0.717, 1.165) is 5.56 Å². The molecular weight excluding hydrogens is 410 g/mol. The number of hydrogen-bond donors (Lipinski definition) is 2. The third-order valence-electron chi connectivity index (χ3n) is 3.62. The minimum absolute atomic E-state index is 0.0710. The molecule has 2 atom stereocenters. The highest BCUT2D eigenvalue weighted by Crippen LogP contribution is 2.27. The third kappa shape index (κ3) is 4.81. The zero-order valence-corrected chi connectivity index (χ0v) is 16.0. The van der Waals surface area contributed by atoms with E-state index in [9.17, 15) is 18.3 Å². The van der Waals surface area contributed by atoms with Gasteiger partial charge in [-0.1, -0.05) is 45.8 Å². The molecule has 0 heterocycles. The van der Waals surface area contributed by atoms with Crippen LogP contribution in [0.15, 0.2) is 53.4 Å². The van der Waals surface area contributed by atoms with Crippen molar-refractivity contribution in [3.05, 3.63) is 59.7 Å². The Labute approximate surface area is 155 Å². The molecule has 0 aliphatic rings. The number of nitrogens with one attached hydrogen (secondary N) is 1. The first-order valence-electron chi connectivity index (χ1n) is 7.34. The number of sulfonamides is 1. The first-order chi connectivity index (χ1) is 11.7. The zero-order chi connectivity index (χ0) is 18.6. The largest absolute Gasteiger partial charge is 0.497 e. The number of ether oxygens (including phenoxy) is 1. The van der Waals surface area contributed by atoms with Crippen molar-refractivity contribution in [3.63, 3.8) is 0 Å². The van der Waals surface area contributed by atoms with Gasteiger partial charge in [0.2, 0.25) is 10.0 Å². The Balaban J connectivity index is 2.38. The van der Waals surface area contributed by atoms with Crippen LogP contribution in [0.3, 0.4) is 0 Å². The Kier molecular flexibility index (Phi) is 6.21. The molecule has 0 bridgehead atoms. The van der Waals surface area contributed by atoms with Gasteiger partial charge in [-0.2, -0.15) is 0 Å². The van der Waals surface area contributed by atoms with E-state index in [1.54, 1.807) is 36.4 Å². The number of alkyl halides is 1. The summed E-state index contributed by atoms with van der Waals surface area (Å²) in [4.78, 5) is 10.3. The molecule has 2 rings (SSSR count). The fourth-order valence-electron chi connectivity index (χ4n) is 2.20. The molecular formula is C17H18BrNO5S. The minimum Gasteiger partial charge on any atom is -0.497 e. The van der Waals surface area contributed by atoms with E-state index in [4.69, 9.17) is 4.74 Å². The van der Waals surface area contributed by atoms with Crippen molar-refractivity contribution in [2.24, 2.45) is 0 Å². The number of aryl methyl sites for hydroxylation is 1. The van der Waals surface area contributed by atoms with Crippen LogP contribution in [0.2, 0.25) is 0 Å². The van der Waals surface area contributed by atoms with Gasteiger partial charge in [-0.05, 0) is 36.8 Å². The van der Waals surface area contributed by atoms with Gasteiger partial charge in [0.1, 0.15) is 10.6 Å². The van der Waals surface area contributed by atoms with Crippen LogP contribution < -0.4 is 9.46 Å². The molecule has 0 spiro atoms. The van der Waals surface area contributed by atoms with Crippen molar-refractivity contribution >= 4 is 31.9 Å². The van der Waals surface area contributed by atoms with Crippen molar-refractivity contribution in [3.8, 4) is 5.75 Å². The lowest BCUT2D eigenvalue weighted by molar-refractivity contribution is -0.136. The van der Waals surface area contributed by atoms with Gasteiger partial charge in [-0.25, -0.2) is 13.1 Å². The van der Waals surface area contributed by atoms with Crippen LogP contribution in [0.1, 0.15) is 17.2 Å². The number of aliphatic carboxylic acids is 1. The second kappa shape index (κ2) is 7.99. The number of rotatable bonds is 7. The molecule has 0 fully saturated rings. The molecule has 0 saturated carbocycles. The van der Waals surface area contributed by atoms with Crippen molar-refractivity contribution in [2.75, 3.05) is 7.11 Å². The minimum atomic E-state index is -3.89. The monoisotopic (exact) mass is 427 g/mol. The molecule has 6 nitrogen and oxygen atoms in total. The number of carboxylic acids is 1. The predicted molar refractivity (Wildman–Crippen MR) is 97.6 cm³/mol. The highest BCUT2D eigenvalue weighted by Gasteiger charge is 2.31. The van der Waals surface area contributed by atoms with Crippen molar-refractivity contribution in [1.29, 1.82) is 0 Å². The number of carboxylic acid groups (broad SMARTS) is 1. The maximum atomic E-state index is 12.6. The van der Waals surface area contributed by atoms with Crippen LogP contribution in [0.4, 0.5) is 0 Å². The van der Waals surface area contributed by atoms with Crippen molar-refractivity contribution in [1.82, 2.24) is 4.72 Å². The summed E-state index contributed by atoms with van der Waals surface area (Å²) in [5.74, 6) is -0.585. The van der Waals surface area contributed by atoms with E-state index in [1.165, 1.54) is 19.2 Å². The van der Waals surface area contributed by atoms with E-state index >= 15 is 0 Å². The molecule has 0 aliphatic heterocycles.